The number of carbonyl (C=O) groups excluding carboxylic acids is 1. The molecule has 0 saturated carbocycles. The molecule has 2 heterocycles. The molecule has 3 nitrogen and oxygen atoms in total. The standard InChI is InChI=1S/C10H17NO2/c1-8(12)13-10-5-7-11-6-3-2-4-9(10)11/h9-10H,2-7H2,1H3. The lowest BCUT2D eigenvalue weighted by molar-refractivity contribution is -0.147. The van der Waals surface area contributed by atoms with E-state index in [4.69, 9.17) is 4.74 Å². The van der Waals surface area contributed by atoms with Gasteiger partial charge in [0, 0.05) is 19.5 Å². The van der Waals surface area contributed by atoms with Gasteiger partial charge >= 0.3 is 5.97 Å². The van der Waals surface area contributed by atoms with Gasteiger partial charge in [-0.3, -0.25) is 9.69 Å². The quantitative estimate of drug-likeness (QED) is 0.572. The van der Waals surface area contributed by atoms with Crippen LogP contribution in [0.5, 0.6) is 0 Å². The molecule has 2 unspecified atom stereocenters. The van der Waals surface area contributed by atoms with Gasteiger partial charge in [-0.25, -0.2) is 0 Å². The summed E-state index contributed by atoms with van der Waals surface area (Å²) in [5.74, 6) is -0.127. The number of piperidine rings is 1. The van der Waals surface area contributed by atoms with Crippen molar-refractivity contribution >= 4 is 5.97 Å². The number of esters is 1. The minimum absolute atomic E-state index is 0.127. The highest BCUT2D eigenvalue weighted by atomic mass is 16.5. The van der Waals surface area contributed by atoms with E-state index in [2.05, 4.69) is 4.90 Å². The molecule has 2 fully saturated rings. The maximum atomic E-state index is 10.8. The first kappa shape index (κ1) is 9.00. The normalized spacial score (nSPS) is 34.2. The first-order valence-electron chi connectivity index (χ1n) is 5.18. The lowest BCUT2D eigenvalue weighted by Crippen LogP contribution is -2.40. The molecule has 2 aliphatic rings. The van der Waals surface area contributed by atoms with Crippen LogP contribution in [0.2, 0.25) is 0 Å². The summed E-state index contributed by atoms with van der Waals surface area (Å²) < 4.78 is 5.30. The topological polar surface area (TPSA) is 29.5 Å². The van der Waals surface area contributed by atoms with E-state index in [1.54, 1.807) is 0 Å². The Kier molecular flexibility index (Phi) is 2.54. The van der Waals surface area contributed by atoms with E-state index in [0.29, 0.717) is 6.04 Å². The Morgan fingerprint density at radius 1 is 1.31 bits per heavy atom. The summed E-state index contributed by atoms with van der Waals surface area (Å²) in [5.41, 5.74) is 0. The van der Waals surface area contributed by atoms with E-state index in [0.717, 1.165) is 13.0 Å². The molecule has 0 spiro atoms. The smallest absolute Gasteiger partial charge is 0.302 e. The molecule has 2 atom stereocenters. The zero-order chi connectivity index (χ0) is 9.26. The number of ether oxygens (including phenoxy) is 1. The van der Waals surface area contributed by atoms with E-state index in [1.165, 1.54) is 32.7 Å². The summed E-state index contributed by atoms with van der Waals surface area (Å²) in [5, 5.41) is 0. The highest BCUT2D eigenvalue weighted by Crippen LogP contribution is 2.28. The van der Waals surface area contributed by atoms with Crippen LogP contribution in [-0.4, -0.2) is 36.1 Å². The van der Waals surface area contributed by atoms with Crippen molar-refractivity contribution in [3.05, 3.63) is 0 Å². The predicted molar refractivity (Wildman–Crippen MR) is 49.4 cm³/mol. The van der Waals surface area contributed by atoms with Gasteiger partial charge in [0.2, 0.25) is 0 Å². The van der Waals surface area contributed by atoms with Crippen LogP contribution in [0.3, 0.4) is 0 Å². The van der Waals surface area contributed by atoms with Crippen molar-refractivity contribution in [2.75, 3.05) is 13.1 Å². The van der Waals surface area contributed by atoms with Crippen LogP contribution in [0.15, 0.2) is 0 Å². The number of hydrogen-bond donors (Lipinski definition) is 0. The predicted octanol–water partition coefficient (Wildman–Crippen LogP) is 1.18. The van der Waals surface area contributed by atoms with Crippen LogP contribution in [0.1, 0.15) is 32.6 Å². The number of fused-ring (bicyclic) bond motifs is 1. The van der Waals surface area contributed by atoms with Gasteiger partial charge in [-0.1, -0.05) is 6.42 Å². The van der Waals surface area contributed by atoms with Crippen LogP contribution in [0.25, 0.3) is 0 Å². The van der Waals surface area contributed by atoms with Crippen LogP contribution in [0.4, 0.5) is 0 Å². The molecule has 0 aromatic carbocycles. The summed E-state index contributed by atoms with van der Waals surface area (Å²) in [4.78, 5) is 13.3. The zero-order valence-corrected chi connectivity index (χ0v) is 8.16. The van der Waals surface area contributed by atoms with Crippen molar-refractivity contribution in [1.29, 1.82) is 0 Å². The molecule has 13 heavy (non-hydrogen) atoms. The van der Waals surface area contributed by atoms with Crippen LogP contribution in [-0.2, 0) is 9.53 Å². The summed E-state index contributed by atoms with van der Waals surface area (Å²) in [6.07, 6.45) is 5.02. The highest BCUT2D eigenvalue weighted by molar-refractivity contribution is 5.66. The van der Waals surface area contributed by atoms with E-state index in [9.17, 15) is 4.79 Å². The van der Waals surface area contributed by atoms with Crippen molar-refractivity contribution in [1.82, 2.24) is 4.90 Å². The molecule has 3 heteroatoms. The van der Waals surface area contributed by atoms with Gasteiger partial charge in [-0.2, -0.15) is 0 Å². The molecule has 0 aliphatic carbocycles. The number of rotatable bonds is 1. The summed E-state index contributed by atoms with van der Waals surface area (Å²) in [6, 6.07) is 0.526. The Labute approximate surface area is 79.0 Å². The minimum atomic E-state index is -0.127. The van der Waals surface area contributed by atoms with Crippen LogP contribution >= 0.6 is 0 Å². The van der Waals surface area contributed by atoms with E-state index in [-0.39, 0.29) is 12.1 Å². The third kappa shape index (κ3) is 1.85. The SMILES string of the molecule is CC(=O)OC1CCN2CCCCC12. The fourth-order valence-corrected chi connectivity index (χ4v) is 2.55. The van der Waals surface area contributed by atoms with E-state index in [1.807, 2.05) is 0 Å². The van der Waals surface area contributed by atoms with E-state index < -0.39 is 0 Å². The molecule has 2 saturated heterocycles. The minimum Gasteiger partial charge on any atom is -0.461 e. The first-order valence-corrected chi connectivity index (χ1v) is 5.18. The van der Waals surface area contributed by atoms with Gasteiger partial charge in [-0.15, -0.1) is 0 Å². The molecule has 2 aliphatic heterocycles. The van der Waals surface area contributed by atoms with Gasteiger partial charge in [-0.05, 0) is 25.8 Å². The molecule has 0 amide bonds. The first-order chi connectivity index (χ1) is 6.27. The van der Waals surface area contributed by atoms with Gasteiger partial charge in [0.1, 0.15) is 6.10 Å². The second-order valence-corrected chi connectivity index (χ2v) is 4.04. The second-order valence-electron chi connectivity index (χ2n) is 4.04. The summed E-state index contributed by atoms with van der Waals surface area (Å²) in [6.45, 7) is 3.82. The lowest BCUT2D eigenvalue weighted by atomic mass is 10.0. The number of hydrogen-bond acceptors (Lipinski definition) is 3. The largest absolute Gasteiger partial charge is 0.461 e. The van der Waals surface area contributed by atoms with Crippen molar-refractivity contribution in [3.8, 4) is 0 Å². The number of nitrogens with zero attached hydrogens (tertiary/aromatic N) is 1. The lowest BCUT2D eigenvalue weighted by Gasteiger charge is -2.31. The second kappa shape index (κ2) is 3.66. The van der Waals surface area contributed by atoms with Gasteiger partial charge in [0.25, 0.3) is 0 Å². The molecule has 2 rings (SSSR count). The van der Waals surface area contributed by atoms with Crippen molar-refractivity contribution in [2.24, 2.45) is 0 Å². The Morgan fingerprint density at radius 3 is 2.92 bits per heavy atom. The molecule has 0 aromatic heterocycles. The molecule has 0 radical (unpaired) electrons. The fraction of sp³-hybridized carbons (Fsp3) is 0.900. The molecule has 0 N–H and O–H groups in total. The van der Waals surface area contributed by atoms with Crippen molar-refractivity contribution in [2.45, 2.75) is 44.8 Å². The maximum Gasteiger partial charge on any atom is 0.302 e. The Bertz CT molecular complexity index is 205. The molecular weight excluding hydrogens is 166 g/mol. The van der Waals surface area contributed by atoms with Gasteiger partial charge in [0.05, 0.1) is 0 Å². The third-order valence-electron chi connectivity index (χ3n) is 3.11. The molecule has 0 bridgehead atoms. The highest BCUT2D eigenvalue weighted by Gasteiger charge is 2.37. The summed E-state index contributed by atoms with van der Waals surface area (Å²) in [7, 11) is 0. The van der Waals surface area contributed by atoms with Gasteiger partial charge in [0.15, 0.2) is 0 Å². The molecule has 74 valence electrons. The van der Waals surface area contributed by atoms with Crippen LogP contribution in [0, 0.1) is 0 Å². The average Bonchev–Trinajstić information content (AvgIpc) is 2.48. The Hall–Kier alpha value is -0.570. The van der Waals surface area contributed by atoms with Crippen molar-refractivity contribution in [3.63, 3.8) is 0 Å². The van der Waals surface area contributed by atoms with Crippen LogP contribution < -0.4 is 0 Å². The van der Waals surface area contributed by atoms with E-state index >= 15 is 0 Å². The average molecular weight is 183 g/mol. The van der Waals surface area contributed by atoms with Gasteiger partial charge < -0.3 is 4.74 Å². The number of carbonyl (C=O) groups is 1. The summed E-state index contributed by atoms with van der Waals surface area (Å²) >= 11 is 0. The maximum absolute atomic E-state index is 10.8. The zero-order valence-electron chi connectivity index (χ0n) is 8.16. The van der Waals surface area contributed by atoms with Crippen molar-refractivity contribution < 1.29 is 9.53 Å². The fourth-order valence-electron chi connectivity index (χ4n) is 2.55. The monoisotopic (exact) mass is 183 g/mol. The molecule has 0 aromatic rings. The Balaban J connectivity index is 1.94. The molecular formula is C10H17NO2. The third-order valence-corrected chi connectivity index (χ3v) is 3.11. The Morgan fingerprint density at radius 2 is 2.15 bits per heavy atom.